The minimum atomic E-state index is -0.230. The molecule has 5 nitrogen and oxygen atoms in total. The van der Waals surface area contributed by atoms with E-state index in [-0.39, 0.29) is 18.6 Å². The molecule has 0 aliphatic rings. The van der Waals surface area contributed by atoms with Crippen LogP contribution in [0.4, 0.5) is 0 Å². The van der Waals surface area contributed by atoms with E-state index in [9.17, 15) is 4.79 Å². The van der Waals surface area contributed by atoms with Crippen LogP contribution in [0.3, 0.4) is 0 Å². The second-order valence-electron chi connectivity index (χ2n) is 4.24. The van der Waals surface area contributed by atoms with E-state index < -0.39 is 0 Å². The molecule has 1 amide bonds. The molecule has 0 aromatic heterocycles. The Morgan fingerprint density at radius 1 is 1.55 bits per heavy atom. The maximum Gasteiger partial charge on any atom is 0.257 e. The van der Waals surface area contributed by atoms with E-state index in [2.05, 4.69) is 26.6 Å². The van der Waals surface area contributed by atoms with Gasteiger partial charge in [-0.2, -0.15) is 5.26 Å². The number of ether oxygens (including phenoxy) is 1. The van der Waals surface area contributed by atoms with Crippen molar-refractivity contribution in [2.24, 2.45) is 0 Å². The SMILES string of the molecule is CNC(C)c1cc(Br)ccc1OCC(=O)NCCC#N. The van der Waals surface area contributed by atoms with Gasteiger partial charge < -0.3 is 15.4 Å². The smallest absolute Gasteiger partial charge is 0.257 e. The third kappa shape index (κ3) is 5.19. The van der Waals surface area contributed by atoms with Crippen LogP contribution in [-0.2, 0) is 4.79 Å². The molecule has 20 heavy (non-hydrogen) atoms. The van der Waals surface area contributed by atoms with Gasteiger partial charge >= 0.3 is 0 Å². The molecule has 0 radical (unpaired) electrons. The van der Waals surface area contributed by atoms with Gasteiger partial charge in [0.2, 0.25) is 0 Å². The van der Waals surface area contributed by atoms with Crippen molar-refractivity contribution in [3.63, 3.8) is 0 Å². The molecule has 0 heterocycles. The van der Waals surface area contributed by atoms with Crippen molar-refractivity contribution in [2.45, 2.75) is 19.4 Å². The zero-order chi connectivity index (χ0) is 15.0. The number of halogens is 1. The summed E-state index contributed by atoms with van der Waals surface area (Å²) in [6, 6.07) is 7.74. The summed E-state index contributed by atoms with van der Waals surface area (Å²) in [6.07, 6.45) is 0.298. The van der Waals surface area contributed by atoms with Gasteiger partial charge in [-0.1, -0.05) is 15.9 Å². The molecule has 0 saturated carbocycles. The van der Waals surface area contributed by atoms with E-state index in [1.807, 2.05) is 38.2 Å². The molecular weight excluding hydrogens is 322 g/mol. The van der Waals surface area contributed by atoms with Crippen molar-refractivity contribution in [1.29, 1.82) is 5.26 Å². The van der Waals surface area contributed by atoms with Crippen molar-refractivity contribution < 1.29 is 9.53 Å². The number of benzene rings is 1. The van der Waals surface area contributed by atoms with Crippen molar-refractivity contribution in [2.75, 3.05) is 20.2 Å². The molecule has 108 valence electrons. The number of nitrogens with one attached hydrogen (secondary N) is 2. The quantitative estimate of drug-likeness (QED) is 0.746. The summed E-state index contributed by atoms with van der Waals surface area (Å²) in [7, 11) is 1.87. The standard InChI is InChI=1S/C14H18BrN3O2/c1-10(17-2)12-8-11(15)4-5-13(12)20-9-14(19)18-7-3-6-16/h4-5,8,10,17H,3,7,9H2,1-2H3,(H,18,19). The highest BCUT2D eigenvalue weighted by Crippen LogP contribution is 2.28. The Morgan fingerprint density at radius 2 is 2.30 bits per heavy atom. The van der Waals surface area contributed by atoms with Crippen molar-refractivity contribution >= 4 is 21.8 Å². The topological polar surface area (TPSA) is 74.2 Å². The lowest BCUT2D eigenvalue weighted by molar-refractivity contribution is -0.123. The number of rotatable bonds is 7. The molecule has 1 unspecified atom stereocenters. The molecule has 1 aromatic carbocycles. The van der Waals surface area contributed by atoms with Crippen molar-refractivity contribution in [3.05, 3.63) is 28.2 Å². The molecule has 0 aliphatic heterocycles. The van der Waals surface area contributed by atoms with Crippen LogP contribution in [0.2, 0.25) is 0 Å². The highest BCUT2D eigenvalue weighted by Gasteiger charge is 2.12. The fraction of sp³-hybridized carbons (Fsp3) is 0.429. The normalized spacial score (nSPS) is 11.5. The van der Waals surface area contributed by atoms with Gasteiger partial charge in [-0.15, -0.1) is 0 Å². The summed E-state index contributed by atoms with van der Waals surface area (Å²) in [5.41, 5.74) is 0.978. The third-order valence-electron chi connectivity index (χ3n) is 2.79. The molecule has 1 atom stereocenters. The zero-order valence-electron chi connectivity index (χ0n) is 11.6. The molecule has 1 rings (SSSR count). The maximum atomic E-state index is 11.5. The molecule has 1 aromatic rings. The van der Waals surface area contributed by atoms with E-state index in [0.29, 0.717) is 18.7 Å². The van der Waals surface area contributed by atoms with Gasteiger partial charge in [0.15, 0.2) is 6.61 Å². The summed E-state index contributed by atoms with van der Waals surface area (Å²) in [6.45, 7) is 2.30. The summed E-state index contributed by atoms with van der Waals surface area (Å²) in [4.78, 5) is 11.5. The lowest BCUT2D eigenvalue weighted by Crippen LogP contribution is -2.29. The first-order chi connectivity index (χ1) is 9.58. The molecular formula is C14H18BrN3O2. The molecule has 0 fully saturated rings. The highest BCUT2D eigenvalue weighted by molar-refractivity contribution is 9.10. The molecule has 0 aliphatic carbocycles. The maximum absolute atomic E-state index is 11.5. The number of nitrogens with zero attached hydrogens (tertiary/aromatic N) is 1. The number of nitriles is 1. The molecule has 6 heteroatoms. The first-order valence-electron chi connectivity index (χ1n) is 6.31. The van der Waals surface area contributed by atoms with Gasteiger partial charge in [0.05, 0.1) is 12.5 Å². The molecule has 0 bridgehead atoms. The average Bonchev–Trinajstić information content (AvgIpc) is 2.45. The predicted octanol–water partition coefficient (Wildman–Crippen LogP) is 2.14. The minimum absolute atomic E-state index is 0.0590. The Bertz CT molecular complexity index is 500. The first-order valence-corrected chi connectivity index (χ1v) is 7.11. The fourth-order valence-corrected chi connectivity index (χ4v) is 1.98. The third-order valence-corrected chi connectivity index (χ3v) is 3.28. The van der Waals surface area contributed by atoms with Crippen LogP contribution >= 0.6 is 15.9 Å². The van der Waals surface area contributed by atoms with Crippen molar-refractivity contribution in [3.8, 4) is 11.8 Å². The lowest BCUT2D eigenvalue weighted by Gasteiger charge is -2.16. The summed E-state index contributed by atoms with van der Waals surface area (Å²) in [5, 5.41) is 14.2. The van der Waals surface area contributed by atoms with Crippen LogP contribution < -0.4 is 15.4 Å². The van der Waals surface area contributed by atoms with Crippen LogP contribution in [0.1, 0.15) is 24.9 Å². The van der Waals surface area contributed by atoms with Gasteiger partial charge in [0.1, 0.15) is 5.75 Å². The zero-order valence-corrected chi connectivity index (χ0v) is 13.2. The van der Waals surface area contributed by atoms with Gasteiger partial charge in [0.25, 0.3) is 5.91 Å². The first kappa shape index (κ1) is 16.5. The average molecular weight is 340 g/mol. The van der Waals surface area contributed by atoms with Crippen LogP contribution in [0.5, 0.6) is 5.75 Å². The second kappa shape index (κ2) is 8.56. The molecule has 2 N–H and O–H groups in total. The molecule has 0 saturated heterocycles. The Morgan fingerprint density at radius 3 is 2.95 bits per heavy atom. The van der Waals surface area contributed by atoms with Gasteiger partial charge in [-0.3, -0.25) is 4.79 Å². The van der Waals surface area contributed by atoms with Gasteiger partial charge in [0, 0.05) is 22.6 Å². The number of carbonyl (C=O) groups is 1. The molecule has 0 spiro atoms. The minimum Gasteiger partial charge on any atom is -0.483 e. The van der Waals surface area contributed by atoms with E-state index >= 15 is 0 Å². The van der Waals surface area contributed by atoms with Gasteiger partial charge in [-0.05, 0) is 32.2 Å². The number of hydrogen-bond donors (Lipinski definition) is 2. The highest BCUT2D eigenvalue weighted by atomic mass is 79.9. The largest absolute Gasteiger partial charge is 0.483 e. The summed E-state index contributed by atoms with van der Waals surface area (Å²) in [5.74, 6) is 0.441. The van der Waals surface area contributed by atoms with Crippen LogP contribution in [0.25, 0.3) is 0 Å². The Hall–Kier alpha value is -1.58. The fourth-order valence-electron chi connectivity index (χ4n) is 1.60. The van der Waals surface area contributed by atoms with E-state index in [1.54, 1.807) is 0 Å². The Balaban J connectivity index is 2.63. The van der Waals surface area contributed by atoms with Crippen LogP contribution in [-0.4, -0.2) is 26.1 Å². The van der Waals surface area contributed by atoms with E-state index in [1.165, 1.54) is 0 Å². The van der Waals surface area contributed by atoms with E-state index in [0.717, 1.165) is 10.0 Å². The number of carbonyl (C=O) groups excluding carboxylic acids is 1. The second-order valence-corrected chi connectivity index (χ2v) is 5.15. The predicted molar refractivity (Wildman–Crippen MR) is 80.4 cm³/mol. The van der Waals surface area contributed by atoms with Crippen LogP contribution in [0, 0.1) is 11.3 Å². The Labute approximate surface area is 127 Å². The summed E-state index contributed by atoms with van der Waals surface area (Å²) >= 11 is 3.42. The monoisotopic (exact) mass is 339 g/mol. The van der Waals surface area contributed by atoms with Gasteiger partial charge in [-0.25, -0.2) is 0 Å². The summed E-state index contributed by atoms with van der Waals surface area (Å²) < 4.78 is 6.51. The Kier molecular flexibility index (Phi) is 7.05. The van der Waals surface area contributed by atoms with E-state index in [4.69, 9.17) is 10.00 Å². The lowest BCUT2D eigenvalue weighted by atomic mass is 10.1. The number of amides is 1. The number of hydrogen-bond acceptors (Lipinski definition) is 4. The van der Waals surface area contributed by atoms with Crippen molar-refractivity contribution in [1.82, 2.24) is 10.6 Å². The van der Waals surface area contributed by atoms with Crippen LogP contribution in [0.15, 0.2) is 22.7 Å².